The van der Waals surface area contributed by atoms with Gasteiger partial charge in [0.15, 0.2) is 5.78 Å². The lowest BCUT2D eigenvalue weighted by Crippen LogP contribution is -2.10. The molecule has 5 heterocycles. The number of benzene rings is 4. The fourth-order valence-electron chi connectivity index (χ4n) is 9.10. The first-order valence-corrected chi connectivity index (χ1v) is 21.7. The summed E-state index contributed by atoms with van der Waals surface area (Å²) in [6, 6.07) is 43.1. The van der Waals surface area contributed by atoms with Crippen molar-refractivity contribution in [2.45, 2.75) is 78.6 Å². The Balaban J connectivity index is 1.36. The first-order valence-electron chi connectivity index (χ1n) is 21.7. The molecule has 3 aliphatic rings. The van der Waals surface area contributed by atoms with Gasteiger partial charge in [0.25, 0.3) is 0 Å². The molecular weight excluding hydrogens is 757 g/mol. The van der Waals surface area contributed by atoms with E-state index in [9.17, 15) is 4.79 Å². The molecular formula is C57H52N4O. The maximum atomic E-state index is 14.5. The van der Waals surface area contributed by atoms with Crippen LogP contribution >= 0.6 is 0 Å². The number of hydrogen-bond donors (Lipinski definition) is 2. The molecule has 0 spiro atoms. The molecule has 0 saturated heterocycles. The van der Waals surface area contributed by atoms with Crippen LogP contribution in [-0.4, -0.2) is 25.7 Å². The molecule has 1 aliphatic carbocycles. The number of carbonyl (C=O) groups is 1. The number of allylic oxidation sites excluding steroid dienone is 1. The average molecular weight is 809 g/mol. The van der Waals surface area contributed by atoms with Crippen molar-refractivity contribution in [3.63, 3.8) is 0 Å². The molecule has 62 heavy (non-hydrogen) atoms. The van der Waals surface area contributed by atoms with E-state index in [0.29, 0.717) is 16.8 Å². The average Bonchev–Trinajstić information content (AvgIpc) is 4.08. The summed E-state index contributed by atoms with van der Waals surface area (Å²) in [6.07, 6.45) is 6.30. The topological polar surface area (TPSA) is 74.4 Å². The summed E-state index contributed by atoms with van der Waals surface area (Å²) in [5, 5.41) is 0. The van der Waals surface area contributed by atoms with Crippen LogP contribution < -0.4 is 0 Å². The Morgan fingerprint density at radius 2 is 0.774 bits per heavy atom. The third-order valence-corrected chi connectivity index (χ3v) is 12.7. The minimum absolute atomic E-state index is 0.00838. The van der Waals surface area contributed by atoms with Crippen LogP contribution in [0, 0.1) is 0 Å². The van der Waals surface area contributed by atoms with Crippen molar-refractivity contribution in [1.29, 1.82) is 0 Å². The Morgan fingerprint density at radius 1 is 0.403 bits per heavy atom. The Kier molecular flexibility index (Phi) is 8.94. The van der Waals surface area contributed by atoms with Crippen molar-refractivity contribution in [1.82, 2.24) is 19.9 Å². The van der Waals surface area contributed by atoms with E-state index in [1.165, 1.54) is 16.7 Å². The van der Waals surface area contributed by atoms with Crippen molar-refractivity contribution in [3.05, 3.63) is 166 Å². The number of aromatic nitrogens is 4. The Morgan fingerprint density at radius 3 is 1.18 bits per heavy atom. The van der Waals surface area contributed by atoms with Crippen LogP contribution in [0.1, 0.15) is 112 Å². The van der Waals surface area contributed by atoms with Gasteiger partial charge in [0, 0.05) is 49.9 Å². The van der Waals surface area contributed by atoms with E-state index in [1.54, 1.807) is 0 Å². The number of carbonyl (C=O) groups excluding carboxylic acids is 1. The molecule has 0 radical (unpaired) electrons. The smallest absolute Gasteiger partial charge is 0.195 e. The third-order valence-electron chi connectivity index (χ3n) is 12.7. The van der Waals surface area contributed by atoms with Crippen LogP contribution in [-0.2, 0) is 16.2 Å². The van der Waals surface area contributed by atoms with Gasteiger partial charge < -0.3 is 9.97 Å². The maximum absolute atomic E-state index is 14.5. The van der Waals surface area contributed by atoms with Crippen LogP contribution in [0.25, 0.3) is 90.4 Å². The highest BCUT2D eigenvalue weighted by molar-refractivity contribution is 6.38. The molecule has 4 aromatic carbocycles. The van der Waals surface area contributed by atoms with E-state index in [2.05, 4.69) is 181 Å². The lowest BCUT2D eigenvalue weighted by atomic mass is 9.84. The van der Waals surface area contributed by atoms with Crippen molar-refractivity contribution in [3.8, 4) is 44.5 Å². The zero-order valence-electron chi connectivity index (χ0n) is 37.1. The van der Waals surface area contributed by atoms with Gasteiger partial charge in [0.05, 0.1) is 28.3 Å². The molecule has 0 amide bonds. The van der Waals surface area contributed by atoms with Crippen molar-refractivity contribution < 1.29 is 4.79 Å². The molecule has 0 atom stereocenters. The maximum Gasteiger partial charge on any atom is 0.195 e. The molecule has 3 aromatic heterocycles. The lowest BCUT2D eigenvalue weighted by molar-refractivity contribution is 0.105. The van der Waals surface area contributed by atoms with Gasteiger partial charge in [-0.3, -0.25) is 4.79 Å². The molecule has 2 N–H and O–H groups in total. The van der Waals surface area contributed by atoms with Gasteiger partial charge in [-0.15, -0.1) is 0 Å². The Labute approximate surface area is 364 Å². The molecule has 7 aromatic rings. The van der Waals surface area contributed by atoms with Crippen molar-refractivity contribution in [2.24, 2.45) is 0 Å². The number of nitrogens with zero attached hydrogens (tertiary/aromatic N) is 2. The Bertz CT molecular complexity index is 3200. The highest BCUT2D eigenvalue weighted by Crippen LogP contribution is 2.45. The molecule has 8 bridgehead atoms. The highest BCUT2D eigenvalue weighted by Gasteiger charge is 2.33. The zero-order chi connectivity index (χ0) is 43.3. The predicted molar refractivity (Wildman–Crippen MR) is 260 cm³/mol. The summed E-state index contributed by atoms with van der Waals surface area (Å²) in [7, 11) is 0. The second-order valence-electron chi connectivity index (χ2n) is 20.0. The largest absolute Gasteiger partial charge is 0.354 e. The van der Waals surface area contributed by atoms with Crippen LogP contribution in [0.15, 0.2) is 121 Å². The summed E-state index contributed by atoms with van der Waals surface area (Å²) in [6.45, 7) is 20.2. The zero-order valence-corrected chi connectivity index (χ0v) is 37.1. The Hall–Kier alpha value is -6.85. The molecule has 0 unspecified atom stereocenters. The number of ketones is 1. The van der Waals surface area contributed by atoms with E-state index in [4.69, 9.17) is 9.97 Å². The van der Waals surface area contributed by atoms with Crippen LogP contribution in [0.2, 0.25) is 0 Å². The predicted octanol–water partition coefficient (Wildman–Crippen LogP) is 14.8. The number of nitrogens with one attached hydrogen (secondary N) is 2. The summed E-state index contributed by atoms with van der Waals surface area (Å²) in [5.41, 5.74) is 19.7. The SMILES string of the molecule is CC(C)(C)c1ccc(-c2c3nc(c(-c4ccc(C(C)(C)C)cc4)c4ccc([nH]4)c4c5nc(c(-c6ccc(C(C)(C)C)cc6)c6ccc2[nH]6)C=C5C(=O)c2ccccc2-4)C=C3)cc1. The van der Waals surface area contributed by atoms with Crippen molar-refractivity contribution in [2.75, 3.05) is 0 Å². The number of Topliss-reactive ketones (excluding diaryl/α,β-unsaturated/α-hetero) is 1. The van der Waals surface area contributed by atoms with Gasteiger partial charge in [-0.1, -0.05) is 159 Å². The number of aromatic amines is 2. The number of H-pyrrole nitrogens is 2. The first kappa shape index (κ1) is 39.3. The van der Waals surface area contributed by atoms with E-state index in [0.717, 1.165) is 83.7 Å². The van der Waals surface area contributed by atoms with E-state index in [-0.39, 0.29) is 22.0 Å². The molecule has 2 aliphatic heterocycles. The van der Waals surface area contributed by atoms with Crippen LogP contribution in [0.5, 0.6) is 0 Å². The molecule has 306 valence electrons. The van der Waals surface area contributed by atoms with Gasteiger partial charge in [-0.05, 0) is 97.7 Å². The van der Waals surface area contributed by atoms with Gasteiger partial charge in [-0.25, -0.2) is 9.97 Å². The minimum atomic E-state index is -0.0221. The van der Waals surface area contributed by atoms with Gasteiger partial charge in [0.1, 0.15) is 0 Å². The van der Waals surface area contributed by atoms with E-state index >= 15 is 0 Å². The molecule has 5 nitrogen and oxygen atoms in total. The van der Waals surface area contributed by atoms with Crippen molar-refractivity contribution >= 4 is 51.7 Å². The minimum Gasteiger partial charge on any atom is -0.354 e. The summed E-state index contributed by atoms with van der Waals surface area (Å²) in [5.74, 6) is -0.0221. The summed E-state index contributed by atoms with van der Waals surface area (Å²) >= 11 is 0. The first-order chi connectivity index (χ1) is 29.5. The van der Waals surface area contributed by atoms with Gasteiger partial charge in [-0.2, -0.15) is 0 Å². The quantitative estimate of drug-likeness (QED) is 0.187. The van der Waals surface area contributed by atoms with Crippen LogP contribution in [0.3, 0.4) is 0 Å². The molecule has 0 saturated carbocycles. The monoisotopic (exact) mass is 808 g/mol. The summed E-state index contributed by atoms with van der Waals surface area (Å²) < 4.78 is 0. The fourth-order valence-corrected chi connectivity index (χ4v) is 9.10. The lowest BCUT2D eigenvalue weighted by Gasteiger charge is -2.19. The third kappa shape index (κ3) is 6.68. The van der Waals surface area contributed by atoms with E-state index < -0.39 is 0 Å². The molecule has 5 heteroatoms. The summed E-state index contributed by atoms with van der Waals surface area (Å²) in [4.78, 5) is 33.2. The number of rotatable bonds is 3. The van der Waals surface area contributed by atoms with Crippen LogP contribution in [0.4, 0.5) is 0 Å². The molecule has 10 rings (SSSR count). The second kappa shape index (κ2) is 14.1. The number of hydrogen-bond acceptors (Lipinski definition) is 3. The molecule has 0 fully saturated rings. The number of fused-ring (bicyclic) bond motifs is 10. The second-order valence-corrected chi connectivity index (χ2v) is 20.0. The van der Waals surface area contributed by atoms with E-state index in [1.807, 2.05) is 30.3 Å². The van der Waals surface area contributed by atoms with Gasteiger partial charge in [0.2, 0.25) is 0 Å². The normalized spacial score (nSPS) is 13.6. The highest BCUT2D eigenvalue weighted by atomic mass is 16.1. The van der Waals surface area contributed by atoms with Gasteiger partial charge >= 0.3 is 0 Å². The fraction of sp³-hybridized carbons (Fsp3) is 0.211. The standard InChI is InChI=1S/C57H52N4O/c1-55(2,3)36-20-14-33(15-21-36)49-42-26-27-43(58-42)50(34-16-22-37(23-17-34)56(4,5)6)45-30-31-47(60-45)52-39-12-10-11-13-40(39)54(62)41-32-48(61-53(41)52)51(46-29-28-44(49)59-46)35-18-24-38(25-19-35)57(7,8)9/h10-32,59-60H,1-9H3.